The summed E-state index contributed by atoms with van der Waals surface area (Å²) in [6, 6.07) is 45.8. The lowest BCUT2D eigenvalue weighted by atomic mass is 9.80. The van der Waals surface area contributed by atoms with Crippen LogP contribution in [0.1, 0.15) is 36.1 Å². The minimum atomic E-state index is -0.252. The molecule has 0 fully saturated rings. The molecule has 56 heavy (non-hydrogen) atoms. The topological polar surface area (TPSA) is 67.4 Å². The standard InChI is InChI=1S/C50H35N5S/c1-31-14-6-5-13-29-56-46-41(31)42-38-18-10-12-20-40(38)55(45(42)44-43(46)37-17-9-11-19-39(37)50(44,2)3)36-27-25-35(26-28-36)49-53-47(33-15-7-4-8-16-33)52-48(54-49)34-23-21-32(30-51)22-24-34/h4-28H,1,29H2,2-3H3/b13-5-,14-6-. The minimum absolute atomic E-state index is 0.252. The second-order valence-electron chi connectivity index (χ2n) is 14.7. The quantitative estimate of drug-likeness (QED) is 0.180. The predicted octanol–water partition coefficient (Wildman–Crippen LogP) is 12.4. The summed E-state index contributed by atoms with van der Waals surface area (Å²) < 4.78 is 2.46. The summed E-state index contributed by atoms with van der Waals surface area (Å²) >= 11 is 1.91. The number of thioether (sulfide) groups is 1. The summed E-state index contributed by atoms with van der Waals surface area (Å²) in [5.41, 5.74) is 13.9. The Morgan fingerprint density at radius 3 is 2.04 bits per heavy atom. The van der Waals surface area contributed by atoms with E-state index in [0.717, 1.165) is 39.2 Å². The van der Waals surface area contributed by atoms with Crippen molar-refractivity contribution in [2.45, 2.75) is 24.2 Å². The van der Waals surface area contributed by atoms with Crippen LogP contribution in [0.5, 0.6) is 0 Å². The normalized spacial score (nSPS) is 15.3. The van der Waals surface area contributed by atoms with Gasteiger partial charge in [-0.2, -0.15) is 5.26 Å². The van der Waals surface area contributed by atoms with Gasteiger partial charge in [0.15, 0.2) is 17.5 Å². The maximum absolute atomic E-state index is 9.40. The third-order valence-electron chi connectivity index (χ3n) is 11.1. The van der Waals surface area contributed by atoms with Gasteiger partial charge in [0, 0.05) is 60.3 Å². The maximum atomic E-state index is 9.40. The van der Waals surface area contributed by atoms with E-state index in [0.29, 0.717) is 23.0 Å². The first-order valence-corrected chi connectivity index (χ1v) is 19.7. The molecule has 2 aliphatic rings. The lowest BCUT2D eigenvalue weighted by molar-refractivity contribution is 0.663. The average molecular weight is 738 g/mol. The monoisotopic (exact) mass is 737 g/mol. The van der Waals surface area contributed by atoms with Gasteiger partial charge in [-0.05, 0) is 76.9 Å². The third-order valence-corrected chi connectivity index (χ3v) is 12.1. The first-order chi connectivity index (χ1) is 27.4. The summed E-state index contributed by atoms with van der Waals surface area (Å²) in [5, 5.41) is 11.8. The lowest BCUT2D eigenvalue weighted by Gasteiger charge is -2.26. The number of rotatable bonds is 4. The predicted molar refractivity (Wildman–Crippen MR) is 231 cm³/mol. The molecule has 0 spiro atoms. The van der Waals surface area contributed by atoms with Crippen LogP contribution in [0.2, 0.25) is 0 Å². The number of hydrogen-bond donors (Lipinski definition) is 0. The highest BCUT2D eigenvalue weighted by atomic mass is 32.2. The Labute approximate surface area is 330 Å². The minimum Gasteiger partial charge on any atom is -0.309 e. The molecule has 6 aromatic carbocycles. The van der Waals surface area contributed by atoms with Gasteiger partial charge >= 0.3 is 0 Å². The largest absolute Gasteiger partial charge is 0.309 e. The van der Waals surface area contributed by atoms with Crippen molar-refractivity contribution in [3.63, 3.8) is 0 Å². The molecule has 0 bridgehead atoms. The Morgan fingerprint density at radius 2 is 1.32 bits per heavy atom. The summed E-state index contributed by atoms with van der Waals surface area (Å²) in [4.78, 5) is 16.1. The van der Waals surface area contributed by atoms with E-state index in [4.69, 9.17) is 21.5 Å². The number of para-hydroxylation sites is 1. The van der Waals surface area contributed by atoms with Crippen LogP contribution in [-0.2, 0) is 5.41 Å². The van der Waals surface area contributed by atoms with E-state index in [1.165, 1.54) is 49.0 Å². The molecule has 5 nitrogen and oxygen atoms in total. The highest BCUT2D eigenvalue weighted by Crippen LogP contribution is 2.58. The molecule has 0 saturated heterocycles. The van der Waals surface area contributed by atoms with Crippen molar-refractivity contribution < 1.29 is 0 Å². The molecule has 6 heteroatoms. The Bertz CT molecular complexity index is 3000. The fourth-order valence-electron chi connectivity index (χ4n) is 8.49. The van der Waals surface area contributed by atoms with Gasteiger partial charge in [0.05, 0.1) is 22.7 Å². The lowest BCUT2D eigenvalue weighted by Crippen LogP contribution is -2.17. The summed E-state index contributed by atoms with van der Waals surface area (Å²) in [5.74, 6) is 2.60. The fraction of sp³-hybridized carbons (Fsp3) is 0.0800. The van der Waals surface area contributed by atoms with Gasteiger partial charge < -0.3 is 4.57 Å². The molecular formula is C50H35N5S. The van der Waals surface area contributed by atoms with E-state index in [1.807, 2.05) is 54.2 Å². The Hall–Kier alpha value is -6.81. The zero-order valence-electron chi connectivity index (χ0n) is 31.0. The molecule has 266 valence electrons. The van der Waals surface area contributed by atoms with Crippen molar-refractivity contribution in [3.8, 4) is 57.0 Å². The van der Waals surface area contributed by atoms with Crippen LogP contribution in [0.3, 0.4) is 0 Å². The van der Waals surface area contributed by atoms with Gasteiger partial charge in [-0.1, -0.05) is 118 Å². The SMILES string of the molecule is C=C1/C=C\C=C/CSc2c3c(c4c(c21)c1ccccc1n4-c1ccc(-c2nc(-c4ccccc4)nc(-c4ccc(C#N)cc4)n2)cc1)C(C)(C)c1ccccc1-3. The highest BCUT2D eigenvalue weighted by Gasteiger charge is 2.41. The third kappa shape index (κ3) is 5.27. The molecule has 2 aromatic heterocycles. The van der Waals surface area contributed by atoms with Crippen molar-refractivity contribution in [3.05, 3.63) is 181 Å². The number of benzene rings is 6. The molecule has 0 amide bonds. The second-order valence-corrected chi connectivity index (χ2v) is 15.8. The molecule has 1 aliphatic carbocycles. The van der Waals surface area contributed by atoms with Crippen molar-refractivity contribution in [2.24, 2.45) is 0 Å². The van der Waals surface area contributed by atoms with E-state index in [2.05, 4.69) is 122 Å². The van der Waals surface area contributed by atoms with Gasteiger partial charge in [-0.3, -0.25) is 0 Å². The van der Waals surface area contributed by atoms with Crippen molar-refractivity contribution in [2.75, 3.05) is 5.75 Å². The molecule has 0 unspecified atom stereocenters. The van der Waals surface area contributed by atoms with Crippen LogP contribution >= 0.6 is 11.8 Å². The summed E-state index contributed by atoms with van der Waals surface area (Å²) in [7, 11) is 0. The van der Waals surface area contributed by atoms with Crippen molar-refractivity contribution in [1.82, 2.24) is 19.5 Å². The van der Waals surface area contributed by atoms with Gasteiger partial charge in [0.2, 0.25) is 0 Å². The summed E-state index contributed by atoms with van der Waals surface area (Å²) in [6.07, 6.45) is 8.64. The Balaban J connectivity index is 1.21. The van der Waals surface area contributed by atoms with Crippen LogP contribution in [0, 0.1) is 11.3 Å². The zero-order chi connectivity index (χ0) is 38.0. The van der Waals surface area contributed by atoms with E-state index in [1.54, 1.807) is 12.1 Å². The molecule has 0 atom stereocenters. The van der Waals surface area contributed by atoms with Gasteiger partial charge in [-0.25, -0.2) is 15.0 Å². The molecule has 8 aromatic rings. The van der Waals surface area contributed by atoms with E-state index >= 15 is 0 Å². The first kappa shape index (κ1) is 33.7. The summed E-state index contributed by atoms with van der Waals surface area (Å²) in [6.45, 7) is 9.44. The first-order valence-electron chi connectivity index (χ1n) is 18.7. The average Bonchev–Trinajstić information content (AvgIpc) is 3.73. The van der Waals surface area contributed by atoms with Gasteiger partial charge in [0.1, 0.15) is 0 Å². The fourth-order valence-corrected chi connectivity index (χ4v) is 9.60. The van der Waals surface area contributed by atoms with Crippen LogP contribution in [0.25, 0.3) is 78.4 Å². The van der Waals surface area contributed by atoms with Gasteiger partial charge in [0.25, 0.3) is 0 Å². The number of nitrogens with zero attached hydrogens (tertiary/aromatic N) is 5. The number of nitriles is 1. The molecule has 0 N–H and O–H groups in total. The molecule has 3 heterocycles. The van der Waals surface area contributed by atoms with E-state index in [-0.39, 0.29) is 5.41 Å². The van der Waals surface area contributed by atoms with Crippen LogP contribution in [-0.4, -0.2) is 25.3 Å². The van der Waals surface area contributed by atoms with Crippen LogP contribution in [0.15, 0.2) is 163 Å². The zero-order valence-corrected chi connectivity index (χ0v) is 31.8. The van der Waals surface area contributed by atoms with E-state index < -0.39 is 0 Å². The second kappa shape index (κ2) is 13.2. The molecular weight excluding hydrogens is 703 g/mol. The smallest absolute Gasteiger partial charge is 0.164 e. The number of hydrogen-bond acceptors (Lipinski definition) is 5. The van der Waals surface area contributed by atoms with Crippen LogP contribution in [0.4, 0.5) is 0 Å². The van der Waals surface area contributed by atoms with Crippen LogP contribution < -0.4 is 0 Å². The molecule has 1 aliphatic heterocycles. The number of fused-ring (bicyclic) bond motifs is 10. The molecule has 0 radical (unpaired) electrons. The van der Waals surface area contributed by atoms with Crippen molar-refractivity contribution >= 4 is 39.1 Å². The molecule has 10 rings (SSSR count). The van der Waals surface area contributed by atoms with Crippen molar-refractivity contribution in [1.29, 1.82) is 5.26 Å². The molecule has 0 saturated carbocycles. The van der Waals surface area contributed by atoms with E-state index in [9.17, 15) is 5.26 Å². The van der Waals surface area contributed by atoms with Gasteiger partial charge in [-0.15, -0.1) is 11.8 Å². The maximum Gasteiger partial charge on any atom is 0.164 e. The number of aromatic nitrogens is 4. The Morgan fingerprint density at radius 1 is 0.696 bits per heavy atom. The number of allylic oxidation sites excluding steroid dienone is 4. The Kier molecular flexibility index (Phi) is 7.95. The highest BCUT2D eigenvalue weighted by molar-refractivity contribution is 7.99.